The van der Waals surface area contributed by atoms with Crippen molar-refractivity contribution in [1.29, 1.82) is 0 Å². The monoisotopic (exact) mass is 304 g/mol. The molecule has 0 fully saturated rings. The van der Waals surface area contributed by atoms with Crippen LogP contribution in [0.3, 0.4) is 0 Å². The first-order chi connectivity index (χ1) is 8.06. The molecule has 0 aliphatic carbocycles. The smallest absolute Gasteiger partial charge is 0.124 e. The molecule has 2 N–H and O–H groups in total. The Morgan fingerprint density at radius 1 is 1.29 bits per heavy atom. The van der Waals surface area contributed by atoms with E-state index in [0.717, 1.165) is 18.4 Å². The van der Waals surface area contributed by atoms with Gasteiger partial charge in [-0.25, -0.2) is 4.39 Å². The number of benzene rings is 1. The molecule has 1 rings (SSSR count). The predicted octanol–water partition coefficient (Wildman–Crippen LogP) is 2.90. The van der Waals surface area contributed by atoms with Crippen LogP contribution in [0, 0.1) is 11.2 Å². The molecule has 0 aromatic heterocycles. The molecular formula is C13H18BrFO2. The van der Waals surface area contributed by atoms with Crippen molar-refractivity contribution < 1.29 is 14.6 Å². The molecule has 0 saturated heterocycles. The lowest BCUT2D eigenvalue weighted by Gasteiger charge is -2.30. The highest BCUT2D eigenvalue weighted by Crippen LogP contribution is 2.31. The summed E-state index contributed by atoms with van der Waals surface area (Å²) in [6, 6.07) is 4.49. The van der Waals surface area contributed by atoms with E-state index in [1.165, 1.54) is 12.1 Å². The molecule has 96 valence electrons. The molecule has 1 aromatic carbocycles. The molecule has 0 radical (unpaired) electrons. The van der Waals surface area contributed by atoms with Crippen LogP contribution < -0.4 is 0 Å². The summed E-state index contributed by atoms with van der Waals surface area (Å²) in [7, 11) is 0. The highest BCUT2D eigenvalue weighted by Gasteiger charge is 2.28. The largest absolute Gasteiger partial charge is 0.396 e. The molecule has 0 spiro atoms. The zero-order valence-corrected chi connectivity index (χ0v) is 11.5. The summed E-state index contributed by atoms with van der Waals surface area (Å²) in [5.74, 6) is -0.297. The van der Waals surface area contributed by atoms with Gasteiger partial charge in [-0.15, -0.1) is 0 Å². The van der Waals surface area contributed by atoms with Gasteiger partial charge in [-0.2, -0.15) is 0 Å². The Balaban J connectivity index is 2.92. The van der Waals surface area contributed by atoms with Crippen molar-refractivity contribution >= 4 is 15.9 Å². The molecule has 0 heterocycles. The maximum Gasteiger partial charge on any atom is 0.124 e. The Labute approximate surface area is 110 Å². The van der Waals surface area contributed by atoms with E-state index in [9.17, 15) is 14.6 Å². The second-order valence-corrected chi connectivity index (χ2v) is 5.33. The Kier molecular flexibility index (Phi) is 5.56. The van der Waals surface area contributed by atoms with Crippen LogP contribution in [0.4, 0.5) is 4.39 Å². The molecule has 2 nitrogen and oxygen atoms in total. The van der Waals surface area contributed by atoms with Gasteiger partial charge < -0.3 is 10.2 Å². The minimum Gasteiger partial charge on any atom is -0.396 e. The molecule has 0 unspecified atom stereocenters. The van der Waals surface area contributed by atoms with E-state index in [-0.39, 0.29) is 19.0 Å². The molecule has 1 aromatic rings. The van der Waals surface area contributed by atoms with E-state index < -0.39 is 5.41 Å². The highest BCUT2D eigenvalue weighted by atomic mass is 79.9. The lowest BCUT2D eigenvalue weighted by Crippen LogP contribution is -2.32. The number of hydrogen-bond donors (Lipinski definition) is 2. The summed E-state index contributed by atoms with van der Waals surface area (Å²) in [4.78, 5) is 0. The molecule has 0 bridgehead atoms. The van der Waals surface area contributed by atoms with Crippen LogP contribution in [0.25, 0.3) is 0 Å². The molecule has 0 saturated carbocycles. The van der Waals surface area contributed by atoms with Crippen molar-refractivity contribution in [3.8, 4) is 0 Å². The minimum atomic E-state index is -0.519. The van der Waals surface area contributed by atoms with E-state index in [1.54, 1.807) is 6.07 Å². The van der Waals surface area contributed by atoms with Gasteiger partial charge in [-0.3, -0.25) is 0 Å². The SMILES string of the molecule is CCCC(CO)(CO)Cc1ccc(F)cc1Br. The molecule has 0 aliphatic rings. The molecule has 0 amide bonds. The quantitative estimate of drug-likeness (QED) is 0.848. The normalized spacial score (nSPS) is 11.8. The Bertz CT molecular complexity index is 364. The van der Waals surface area contributed by atoms with Crippen LogP contribution in [0.15, 0.2) is 22.7 Å². The van der Waals surface area contributed by atoms with E-state index in [1.807, 2.05) is 6.92 Å². The van der Waals surface area contributed by atoms with Crippen molar-refractivity contribution in [3.05, 3.63) is 34.1 Å². The average molecular weight is 305 g/mol. The summed E-state index contributed by atoms with van der Waals surface area (Å²) in [6.45, 7) is 1.88. The molecule has 0 aliphatic heterocycles. The van der Waals surface area contributed by atoms with Crippen LogP contribution >= 0.6 is 15.9 Å². The Morgan fingerprint density at radius 2 is 1.94 bits per heavy atom. The average Bonchev–Trinajstić information content (AvgIpc) is 2.32. The van der Waals surface area contributed by atoms with Gasteiger partial charge >= 0.3 is 0 Å². The van der Waals surface area contributed by atoms with Gasteiger partial charge in [0.15, 0.2) is 0 Å². The van der Waals surface area contributed by atoms with Crippen molar-refractivity contribution in [2.45, 2.75) is 26.2 Å². The summed E-state index contributed by atoms with van der Waals surface area (Å²) in [6.07, 6.45) is 2.17. The van der Waals surface area contributed by atoms with Gasteiger partial charge in [0.25, 0.3) is 0 Å². The van der Waals surface area contributed by atoms with Crippen LogP contribution in [0.5, 0.6) is 0 Å². The predicted molar refractivity (Wildman–Crippen MR) is 69.3 cm³/mol. The summed E-state index contributed by atoms with van der Waals surface area (Å²) in [5, 5.41) is 18.9. The van der Waals surface area contributed by atoms with Gasteiger partial charge in [-0.1, -0.05) is 35.3 Å². The molecule has 4 heteroatoms. The third-order valence-electron chi connectivity index (χ3n) is 3.03. The highest BCUT2D eigenvalue weighted by molar-refractivity contribution is 9.10. The lowest BCUT2D eigenvalue weighted by atomic mass is 9.79. The summed E-state index contributed by atoms with van der Waals surface area (Å²) >= 11 is 3.31. The first-order valence-corrected chi connectivity index (χ1v) is 6.52. The zero-order chi connectivity index (χ0) is 12.9. The van der Waals surface area contributed by atoms with E-state index >= 15 is 0 Å². The fourth-order valence-corrected chi connectivity index (χ4v) is 2.50. The maximum atomic E-state index is 13.0. The van der Waals surface area contributed by atoms with E-state index in [0.29, 0.717) is 10.9 Å². The molecule has 17 heavy (non-hydrogen) atoms. The van der Waals surface area contributed by atoms with Crippen LogP contribution in [0.1, 0.15) is 25.3 Å². The zero-order valence-electron chi connectivity index (χ0n) is 9.92. The number of rotatable bonds is 6. The van der Waals surface area contributed by atoms with Gasteiger partial charge in [0, 0.05) is 9.89 Å². The minimum absolute atomic E-state index is 0.0683. The Morgan fingerprint density at radius 3 is 2.41 bits per heavy atom. The van der Waals surface area contributed by atoms with Crippen molar-refractivity contribution in [1.82, 2.24) is 0 Å². The Hall–Kier alpha value is -0.450. The van der Waals surface area contributed by atoms with E-state index in [2.05, 4.69) is 15.9 Å². The van der Waals surface area contributed by atoms with Crippen LogP contribution in [-0.2, 0) is 6.42 Å². The lowest BCUT2D eigenvalue weighted by molar-refractivity contribution is 0.0465. The van der Waals surface area contributed by atoms with Crippen molar-refractivity contribution in [2.75, 3.05) is 13.2 Å². The standard InChI is InChI=1S/C13H18BrFO2/c1-2-5-13(8-16,9-17)7-10-3-4-11(15)6-12(10)14/h3-4,6,16-17H,2,5,7-9H2,1H3. The van der Waals surface area contributed by atoms with Gasteiger partial charge in [0.05, 0.1) is 13.2 Å². The number of aliphatic hydroxyl groups excluding tert-OH is 2. The van der Waals surface area contributed by atoms with E-state index in [4.69, 9.17) is 0 Å². The fraction of sp³-hybridized carbons (Fsp3) is 0.538. The first-order valence-electron chi connectivity index (χ1n) is 5.72. The number of hydrogen-bond acceptors (Lipinski definition) is 2. The third kappa shape index (κ3) is 3.76. The van der Waals surface area contributed by atoms with Crippen LogP contribution in [0.2, 0.25) is 0 Å². The first kappa shape index (κ1) is 14.6. The van der Waals surface area contributed by atoms with Gasteiger partial charge in [0.2, 0.25) is 0 Å². The summed E-state index contributed by atoms with van der Waals surface area (Å²) < 4.78 is 13.6. The van der Waals surface area contributed by atoms with Gasteiger partial charge in [0.1, 0.15) is 5.82 Å². The third-order valence-corrected chi connectivity index (χ3v) is 3.77. The summed E-state index contributed by atoms with van der Waals surface area (Å²) in [5.41, 5.74) is 0.387. The topological polar surface area (TPSA) is 40.5 Å². The van der Waals surface area contributed by atoms with Crippen molar-refractivity contribution in [3.63, 3.8) is 0 Å². The second-order valence-electron chi connectivity index (χ2n) is 4.48. The fourth-order valence-electron chi connectivity index (χ4n) is 2.01. The number of halogens is 2. The molecule has 0 atom stereocenters. The second kappa shape index (κ2) is 6.47. The maximum absolute atomic E-state index is 13.0. The molecular weight excluding hydrogens is 287 g/mol. The van der Waals surface area contributed by atoms with Gasteiger partial charge in [-0.05, 0) is 30.5 Å². The van der Waals surface area contributed by atoms with Crippen molar-refractivity contribution in [2.24, 2.45) is 5.41 Å². The van der Waals surface area contributed by atoms with Crippen LogP contribution in [-0.4, -0.2) is 23.4 Å². The number of aliphatic hydroxyl groups is 2.